The lowest BCUT2D eigenvalue weighted by Gasteiger charge is -2.28. The first-order valence-electron chi connectivity index (χ1n) is 9.27. The minimum Gasteiger partial charge on any atom is -0.493 e. The van der Waals surface area contributed by atoms with E-state index in [2.05, 4.69) is 5.32 Å². The van der Waals surface area contributed by atoms with Crippen molar-refractivity contribution in [2.75, 3.05) is 19.8 Å². The fourth-order valence-electron chi connectivity index (χ4n) is 3.05. The third-order valence-electron chi connectivity index (χ3n) is 4.86. The van der Waals surface area contributed by atoms with Gasteiger partial charge in [0.05, 0.1) is 18.6 Å². The summed E-state index contributed by atoms with van der Waals surface area (Å²) in [5.41, 5.74) is 2.73. The van der Waals surface area contributed by atoms with E-state index in [1.807, 2.05) is 64.1 Å². The molecule has 1 aliphatic heterocycles. The zero-order valence-corrected chi connectivity index (χ0v) is 16.4. The molecule has 27 heavy (non-hydrogen) atoms. The Morgan fingerprint density at radius 1 is 1.11 bits per heavy atom. The number of nitrogens with one attached hydrogen (secondary N) is 1. The van der Waals surface area contributed by atoms with E-state index in [0.29, 0.717) is 26.2 Å². The Kier molecular flexibility index (Phi) is 5.59. The second-order valence-corrected chi connectivity index (χ2v) is 7.33. The average molecular weight is 369 g/mol. The molecule has 0 radical (unpaired) electrons. The summed E-state index contributed by atoms with van der Waals surface area (Å²) in [7, 11) is 0. The van der Waals surface area contributed by atoms with Crippen molar-refractivity contribution in [3.8, 4) is 17.2 Å². The van der Waals surface area contributed by atoms with Crippen LogP contribution in [0, 0.1) is 13.8 Å². The van der Waals surface area contributed by atoms with Gasteiger partial charge in [0.1, 0.15) is 19.0 Å². The lowest BCUT2D eigenvalue weighted by atomic mass is 9.93. The highest BCUT2D eigenvalue weighted by molar-refractivity contribution is 5.77. The summed E-state index contributed by atoms with van der Waals surface area (Å²) in [6.07, 6.45) is 0.293. The van der Waals surface area contributed by atoms with Crippen LogP contribution in [0.25, 0.3) is 0 Å². The molecule has 3 rings (SSSR count). The third kappa shape index (κ3) is 4.54. The Bertz CT molecular complexity index is 829. The van der Waals surface area contributed by atoms with Crippen molar-refractivity contribution in [1.29, 1.82) is 0 Å². The summed E-state index contributed by atoms with van der Waals surface area (Å²) in [6, 6.07) is 11.7. The van der Waals surface area contributed by atoms with Crippen LogP contribution in [0.15, 0.2) is 36.4 Å². The van der Waals surface area contributed by atoms with Gasteiger partial charge in [-0.3, -0.25) is 4.79 Å². The molecule has 1 heterocycles. The molecule has 0 saturated heterocycles. The van der Waals surface area contributed by atoms with Crippen molar-refractivity contribution in [3.63, 3.8) is 0 Å². The van der Waals surface area contributed by atoms with E-state index in [4.69, 9.17) is 14.2 Å². The number of ether oxygens (including phenoxy) is 3. The number of carbonyl (C=O) groups excluding carboxylic acids is 1. The van der Waals surface area contributed by atoms with Crippen LogP contribution < -0.4 is 19.5 Å². The van der Waals surface area contributed by atoms with Gasteiger partial charge in [-0.2, -0.15) is 0 Å². The molecule has 2 aromatic rings. The molecule has 0 bridgehead atoms. The SMILES string of the molecule is Cc1cccc(OCCC(=O)NC(C)(C)c2ccc3c(c2)OCCO3)c1C. The maximum atomic E-state index is 12.4. The summed E-state index contributed by atoms with van der Waals surface area (Å²) in [5.74, 6) is 2.24. The van der Waals surface area contributed by atoms with E-state index in [1.54, 1.807) is 0 Å². The number of benzene rings is 2. The Morgan fingerprint density at radius 3 is 2.63 bits per heavy atom. The monoisotopic (exact) mass is 369 g/mol. The Balaban J connectivity index is 1.57. The first-order chi connectivity index (χ1) is 12.9. The maximum Gasteiger partial charge on any atom is 0.224 e. The van der Waals surface area contributed by atoms with Gasteiger partial charge < -0.3 is 19.5 Å². The summed E-state index contributed by atoms with van der Waals surface area (Å²) in [5, 5.41) is 3.08. The quantitative estimate of drug-likeness (QED) is 0.839. The smallest absolute Gasteiger partial charge is 0.224 e. The van der Waals surface area contributed by atoms with Crippen molar-refractivity contribution in [2.45, 2.75) is 39.7 Å². The number of amides is 1. The maximum absolute atomic E-state index is 12.4. The highest BCUT2D eigenvalue weighted by atomic mass is 16.6. The molecule has 0 saturated carbocycles. The van der Waals surface area contributed by atoms with Crippen LogP contribution in [0.5, 0.6) is 17.2 Å². The van der Waals surface area contributed by atoms with E-state index in [0.717, 1.165) is 28.4 Å². The first kappa shape index (κ1) is 19.1. The minimum absolute atomic E-state index is 0.0554. The molecular weight excluding hydrogens is 342 g/mol. The van der Waals surface area contributed by atoms with E-state index in [1.165, 1.54) is 5.56 Å². The van der Waals surface area contributed by atoms with E-state index in [-0.39, 0.29) is 5.91 Å². The van der Waals surface area contributed by atoms with E-state index < -0.39 is 5.54 Å². The van der Waals surface area contributed by atoms with Crippen LogP contribution >= 0.6 is 0 Å². The molecule has 5 heteroatoms. The molecule has 1 aliphatic rings. The molecule has 2 aromatic carbocycles. The van der Waals surface area contributed by atoms with Gasteiger partial charge in [-0.1, -0.05) is 18.2 Å². The van der Waals surface area contributed by atoms with Crippen LogP contribution in [-0.4, -0.2) is 25.7 Å². The second-order valence-electron chi connectivity index (χ2n) is 7.33. The van der Waals surface area contributed by atoms with Gasteiger partial charge >= 0.3 is 0 Å². The van der Waals surface area contributed by atoms with Gasteiger partial charge in [-0.25, -0.2) is 0 Å². The van der Waals surface area contributed by atoms with Crippen LogP contribution in [-0.2, 0) is 10.3 Å². The van der Waals surface area contributed by atoms with E-state index >= 15 is 0 Å². The summed E-state index contributed by atoms with van der Waals surface area (Å²) in [4.78, 5) is 12.4. The minimum atomic E-state index is -0.522. The molecule has 144 valence electrons. The molecule has 0 fully saturated rings. The van der Waals surface area contributed by atoms with Crippen molar-refractivity contribution >= 4 is 5.91 Å². The second kappa shape index (κ2) is 7.91. The Morgan fingerprint density at radius 2 is 1.85 bits per heavy atom. The highest BCUT2D eigenvalue weighted by Crippen LogP contribution is 2.34. The Labute approximate surface area is 160 Å². The van der Waals surface area contributed by atoms with Crippen molar-refractivity contribution in [3.05, 3.63) is 53.1 Å². The Hall–Kier alpha value is -2.69. The number of rotatable bonds is 6. The largest absolute Gasteiger partial charge is 0.493 e. The molecule has 0 aromatic heterocycles. The number of hydrogen-bond acceptors (Lipinski definition) is 4. The molecule has 1 amide bonds. The topological polar surface area (TPSA) is 56.8 Å². The van der Waals surface area contributed by atoms with Gasteiger partial charge in [0.2, 0.25) is 5.91 Å². The molecular formula is C22H27NO4. The van der Waals surface area contributed by atoms with Crippen LogP contribution in [0.3, 0.4) is 0 Å². The zero-order valence-electron chi connectivity index (χ0n) is 16.4. The average Bonchev–Trinajstić information content (AvgIpc) is 2.64. The number of hydrogen-bond donors (Lipinski definition) is 1. The highest BCUT2D eigenvalue weighted by Gasteiger charge is 2.25. The fraction of sp³-hybridized carbons (Fsp3) is 0.409. The molecule has 0 spiro atoms. The number of fused-ring (bicyclic) bond motifs is 1. The number of aryl methyl sites for hydroxylation is 1. The van der Waals surface area contributed by atoms with Crippen molar-refractivity contribution in [1.82, 2.24) is 5.32 Å². The first-order valence-corrected chi connectivity index (χ1v) is 9.27. The van der Waals surface area contributed by atoms with Crippen LogP contribution in [0.1, 0.15) is 37.0 Å². The fourth-order valence-corrected chi connectivity index (χ4v) is 3.05. The summed E-state index contributed by atoms with van der Waals surface area (Å²) < 4.78 is 17.0. The van der Waals surface area contributed by atoms with Gasteiger partial charge in [0, 0.05) is 0 Å². The normalized spacial score (nSPS) is 13.2. The predicted molar refractivity (Wildman–Crippen MR) is 105 cm³/mol. The molecule has 1 N–H and O–H groups in total. The van der Waals surface area contributed by atoms with Gasteiger partial charge in [-0.15, -0.1) is 0 Å². The van der Waals surface area contributed by atoms with Crippen LogP contribution in [0.4, 0.5) is 0 Å². The predicted octanol–water partition coefficient (Wildman–Crippen LogP) is 3.90. The zero-order chi connectivity index (χ0) is 19.4. The van der Waals surface area contributed by atoms with Gasteiger partial charge in [0.25, 0.3) is 0 Å². The standard InChI is InChI=1S/C22H27NO4/c1-15-6-5-7-18(16(15)2)25-11-10-21(24)23-22(3,4)17-8-9-19-20(14-17)27-13-12-26-19/h5-9,14H,10-13H2,1-4H3,(H,23,24). The molecule has 0 atom stereocenters. The van der Waals surface area contributed by atoms with Crippen molar-refractivity contribution < 1.29 is 19.0 Å². The van der Waals surface area contributed by atoms with Crippen molar-refractivity contribution in [2.24, 2.45) is 0 Å². The van der Waals surface area contributed by atoms with E-state index in [9.17, 15) is 4.79 Å². The van der Waals surface area contributed by atoms with Gasteiger partial charge in [-0.05, 0) is 62.6 Å². The summed E-state index contributed by atoms with van der Waals surface area (Å²) in [6.45, 7) is 9.46. The van der Waals surface area contributed by atoms with Gasteiger partial charge in [0.15, 0.2) is 11.5 Å². The lowest BCUT2D eigenvalue weighted by Crippen LogP contribution is -2.41. The third-order valence-corrected chi connectivity index (χ3v) is 4.86. The molecule has 0 aliphatic carbocycles. The van der Waals surface area contributed by atoms with Crippen LogP contribution in [0.2, 0.25) is 0 Å². The lowest BCUT2D eigenvalue weighted by molar-refractivity contribution is -0.123. The molecule has 5 nitrogen and oxygen atoms in total. The number of carbonyl (C=O) groups is 1. The summed E-state index contributed by atoms with van der Waals surface area (Å²) >= 11 is 0. The molecule has 0 unspecified atom stereocenters.